The Morgan fingerprint density at radius 2 is 1.96 bits per heavy atom. The molecule has 0 radical (unpaired) electrons. The minimum Gasteiger partial charge on any atom is -0.494 e. The summed E-state index contributed by atoms with van der Waals surface area (Å²) in [4.78, 5) is 22.7. The van der Waals surface area contributed by atoms with Gasteiger partial charge in [-0.1, -0.05) is 25.5 Å². The monoisotopic (exact) mass is 319 g/mol. The number of nitrogens with one attached hydrogen (secondary N) is 1. The fourth-order valence-corrected chi connectivity index (χ4v) is 2.83. The summed E-state index contributed by atoms with van der Waals surface area (Å²) in [5.74, 6) is 0.0748. The zero-order valence-electron chi connectivity index (χ0n) is 13.6. The van der Waals surface area contributed by atoms with E-state index in [9.17, 15) is 9.59 Å². The van der Waals surface area contributed by atoms with E-state index in [1.165, 1.54) is 0 Å². The van der Waals surface area contributed by atoms with Crippen molar-refractivity contribution < 1.29 is 19.4 Å². The molecule has 23 heavy (non-hydrogen) atoms. The number of benzene rings is 1. The van der Waals surface area contributed by atoms with Crippen LogP contribution in [0, 0.1) is 5.41 Å². The fourth-order valence-electron chi connectivity index (χ4n) is 2.83. The number of carbonyl (C=O) groups excluding carboxylic acids is 1. The van der Waals surface area contributed by atoms with Crippen molar-refractivity contribution in [1.29, 1.82) is 0 Å². The number of rotatable bonds is 9. The largest absolute Gasteiger partial charge is 0.494 e. The number of carboxylic acids is 1. The van der Waals surface area contributed by atoms with Gasteiger partial charge in [0.05, 0.1) is 6.61 Å². The van der Waals surface area contributed by atoms with Crippen molar-refractivity contribution in [3.05, 3.63) is 29.8 Å². The van der Waals surface area contributed by atoms with Crippen LogP contribution in [0.25, 0.3) is 0 Å². The molecule has 0 aromatic heterocycles. The van der Waals surface area contributed by atoms with E-state index in [1.807, 2.05) is 24.3 Å². The molecule has 0 spiro atoms. The summed E-state index contributed by atoms with van der Waals surface area (Å²) in [7, 11) is 0. The standard InChI is InChI=1S/C18H25NO4/c1-2-18(10-4-11-18)17(22)19-13-14-6-8-15(9-7-14)23-12-3-5-16(20)21/h6-9H,2-5,10-13H2,1H3,(H,19,22)(H,20,21). The van der Waals surface area contributed by atoms with E-state index in [0.717, 1.165) is 37.0 Å². The highest BCUT2D eigenvalue weighted by Crippen LogP contribution is 2.43. The summed E-state index contributed by atoms with van der Waals surface area (Å²) < 4.78 is 5.48. The molecule has 5 heteroatoms. The number of ether oxygens (including phenoxy) is 1. The normalized spacial score (nSPS) is 15.5. The van der Waals surface area contributed by atoms with Gasteiger partial charge in [-0.15, -0.1) is 0 Å². The van der Waals surface area contributed by atoms with Gasteiger partial charge in [0.1, 0.15) is 5.75 Å². The van der Waals surface area contributed by atoms with Crippen molar-refractivity contribution >= 4 is 11.9 Å². The van der Waals surface area contributed by atoms with E-state index in [-0.39, 0.29) is 17.7 Å². The van der Waals surface area contributed by atoms with Crippen LogP contribution >= 0.6 is 0 Å². The Bertz CT molecular complexity index is 529. The van der Waals surface area contributed by atoms with Gasteiger partial charge in [0.2, 0.25) is 5.91 Å². The van der Waals surface area contributed by atoms with Gasteiger partial charge >= 0.3 is 5.97 Å². The molecule has 1 aliphatic rings. The molecule has 1 aromatic rings. The third-order valence-corrected chi connectivity index (χ3v) is 4.65. The van der Waals surface area contributed by atoms with Crippen LogP contribution < -0.4 is 10.1 Å². The molecule has 0 aliphatic heterocycles. The molecule has 1 fully saturated rings. The van der Waals surface area contributed by atoms with Crippen LogP contribution in [0.1, 0.15) is 51.0 Å². The maximum absolute atomic E-state index is 12.3. The molecule has 0 heterocycles. The quantitative estimate of drug-likeness (QED) is 0.686. The number of aliphatic carboxylic acids is 1. The predicted octanol–water partition coefficient (Wildman–Crippen LogP) is 3.13. The van der Waals surface area contributed by atoms with Gasteiger partial charge < -0.3 is 15.2 Å². The highest BCUT2D eigenvalue weighted by molar-refractivity contribution is 5.83. The van der Waals surface area contributed by atoms with Crippen molar-refractivity contribution in [2.75, 3.05) is 6.61 Å². The molecule has 2 rings (SSSR count). The molecule has 1 amide bonds. The zero-order valence-corrected chi connectivity index (χ0v) is 13.6. The van der Waals surface area contributed by atoms with Gasteiger partial charge in [-0.25, -0.2) is 0 Å². The minimum atomic E-state index is -0.809. The summed E-state index contributed by atoms with van der Waals surface area (Å²) in [5.41, 5.74) is 0.898. The van der Waals surface area contributed by atoms with Crippen LogP contribution in [-0.2, 0) is 16.1 Å². The van der Waals surface area contributed by atoms with Crippen molar-refractivity contribution in [3.63, 3.8) is 0 Å². The van der Waals surface area contributed by atoms with Gasteiger partial charge in [0, 0.05) is 18.4 Å². The summed E-state index contributed by atoms with van der Waals surface area (Å²) in [6.45, 7) is 3.00. The Labute approximate surface area is 137 Å². The van der Waals surface area contributed by atoms with Crippen LogP contribution in [0.15, 0.2) is 24.3 Å². The topological polar surface area (TPSA) is 75.6 Å². The Morgan fingerprint density at radius 1 is 1.26 bits per heavy atom. The number of carboxylic acid groups (broad SMARTS) is 1. The molecule has 2 N–H and O–H groups in total. The smallest absolute Gasteiger partial charge is 0.303 e. The van der Waals surface area contributed by atoms with Gasteiger partial charge in [0.25, 0.3) is 0 Å². The van der Waals surface area contributed by atoms with Crippen LogP contribution in [0.4, 0.5) is 0 Å². The fraction of sp³-hybridized carbons (Fsp3) is 0.556. The molecule has 1 aliphatic carbocycles. The molecule has 0 atom stereocenters. The van der Waals surface area contributed by atoms with E-state index in [2.05, 4.69) is 12.2 Å². The van der Waals surface area contributed by atoms with Crippen LogP contribution in [0.2, 0.25) is 0 Å². The van der Waals surface area contributed by atoms with Gasteiger partial charge in [-0.2, -0.15) is 0 Å². The molecule has 1 saturated carbocycles. The first-order valence-electron chi connectivity index (χ1n) is 8.27. The maximum Gasteiger partial charge on any atom is 0.303 e. The van der Waals surface area contributed by atoms with E-state index in [1.54, 1.807) is 0 Å². The highest BCUT2D eigenvalue weighted by atomic mass is 16.5. The Balaban J connectivity index is 1.74. The SMILES string of the molecule is CCC1(C(=O)NCc2ccc(OCCCC(=O)O)cc2)CCC1. The minimum absolute atomic E-state index is 0.114. The van der Waals surface area contributed by atoms with Crippen LogP contribution in [-0.4, -0.2) is 23.6 Å². The Kier molecular flexibility index (Phi) is 6.02. The van der Waals surface area contributed by atoms with Crippen LogP contribution in [0.3, 0.4) is 0 Å². The summed E-state index contributed by atoms with van der Waals surface area (Å²) in [5, 5.41) is 11.6. The molecule has 0 unspecified atom stereocenters. The van der Waals surface area contributed by atoms with E-state index < -0.39 is 5.97 Å². The third-order valence-electron chi connectivity index (χ3n) is 4.65. The molecule has 126 valence electrons. The summed E-state index contributed by atoms with van der Waals surface area (Å²) in [6, 6.07) is 7.54. The highest BCUT2D eigenvalue weighted by Gasteiger charge is 2.41. The lowest BCUT2D eigenvalue weighted by Gasteiger charge is -2.39. The number of amides is 1. The Hall–Kier alpha value is -2.04. The van der Waals surface area contributed by atoms with E-state index in [0.29, 0.717) is 19.6 Å². The van der Waals surface area contributed by atoms with Gasteiger partial charge in [-0.3, -0.25) is 9.59 Å². The average Bonchev–Trinajstić information content (AvgIpc) is 2.50. The molecule has 0 bridgehead atoms. The van der Waals surface area contributed by atoms with E-state index in [4.69, 9.17) is 9.84 Å². The van der Waals surface area contributed by atoms with Crippen molar-refractivity contribution in [2.45, 2.75) is 52.0 Å². The summed E-state index contributed by atoms with van der Waals surface area (Å²) in [6.07, 6.45) is 4.66. The molecule has 1 aromatic carbocycles. The second-order valence-corrected chi connectivity index (χ2v) is 6.16. The van der Waals surface area contributed by atoms with Gasteiger partial charge in [0.15, 0.2) is 0 Å². The average molecular weight is 319 g/mol. The molecule has 0 saturated heterocycles. The number of hydrogen-bond donors (Lipinski definition) is 2. The first-order chi connectivity index (χ1) is 11.1. The second kappa shape index (κ2) is 7.99. The van der Waals surface area contributed by atoms with Gasteiger partial charge in [-0.05, 0) is 43.4 Å². The predicted molar refractivity (Wildman–Crippen MR) is 87.2 cm³/mol. The third kappa shape index (κ3) is 4.71. The lowest BCUT2D eigenvalue weighted by molar-refractivity contribution is -0.137. The Morgan fingerprint density at radius 3 is 2.48 bits per heavy atom. The molecular formula is C18H25NO4. The first kappa shape index (κ1) is 17.3. The first-order valence-corrected chi connectivity index (χ1v) is 8.27. The number of carbonyl (C=O) groups is 2. The van der Waals surface area contributed by atoms with Crippen molar-refractivity contribution in [1.82, 2.24) is 5.32 Å². The van der Waals surface area contributed by atoms with Crippen molar-refractivity contribution in [3.8, 4) is 5.75 Å². The van der Waals surface area contributed by atoms with Crippen LogP contribution in [0.5, 0.6) is 5.75 Å². The lowest BCUT2D eigenvalue weighted by Crippen LogP contribution is -2.44. The maximum atomic E-state index is 12.3. The van der Waals surface area contributed by atoms with E-state index >= 15 is 0 Å². The summed E-state index contributed by atoms with van der Waals surface area (Å²) >= 11 is 0. The molecule has 5 nitrogen and oxygen atoms in total. The van der Waals surface area contributed by atoms with Crippen molar-refractivity contribution in [2.24, 2.45) is 5.41 Å². The zero-order chi connectivity index (χ0) is 16.7. The molecular weight excluding hydrogens is 294 g/mol. The second-order valence-electron chi connectivity index (χ2n) is 6.16. The number of hydrogen-bond acceptors (Lipinski definition) is 3. The lowest BCUT2D eigenvalue weighted by atomic mass is 9.66.